The Labute approximate surface area is 338 Å². The predicted octanol–water partition coefficient (Wildman–Crippen LogP) is 16.5. The van der Waals surface area contributed by atoms with Crippen LogP contribution in [0.5, 0.6) is 0 Å². The molecule has 0 aliphatic carbocycles. The van der Waals surface area contributed by atoms with Gasteiger partial charge in [0.25, 0.3) is 0 Å². The molecule has 13 heteroatoms. The molecule has 0 amide bonds. The summed E-state index contributed by atoms with van der Waals surface area (Å²) in [4.78, 5) is 10.0. The molecule has 3 aromatic rings. The lowest BCUT2D eigenvalue weighted by Gasteiger charge is -2.14. The van der Waals surface area contributed by atoms with Crippen molar-refractivity contribution in [2.24, 2.45) is 0 Å². The van der Waals surface area contributed by atoms with Crippen molar-refractivity contribution in [2.45, 2.75) is 100 Å². The van der Waals surface area contributed by atoms with Crippen LogP contribution >= 0.6 is 128 Å². The third-order valence-electron chi connectivity index (χ3n) is 7.76. The van der Waals surface area contributed by atoms with Crippen molar-refractivity contribution in [1.29, 1.82) is 10.5 Å². The van der Waals surface area contributed by atoms with Crippen molar-refractivity contribution in [3.8, 4) is 31.6 Å². The number of thioether (sulfide) groups is 8. The predicted molar refractivity (Wildman–Crippen MR) is 235 cm³/mol. The van der Waals surface area contributed by atoms with Gasteiger partial charge in [-0.15, -0.1) is 57.5 Å². The zero-order valence-electron chi connectivity index (χ0n) is 27.4. The van der Waals surface area contributed by atoms with E-state index in [2.05, 4.69) is 48.7 Å². The molecule has 0 saturated carbocycles. The van der Waals surface area contributed by atoms with Crippen LogP contribution in [-0.4, -0.2) is 11.5 Å². The second-order valence-corrected chi connectivity index (χ2v) is 24.5. The van der Waals surface area contributed by atoms with E-state index in [0.29, 0.717) is 12.8 Å². The first-order valence-corrected chi connectivity index (χ1v) is 26.2. The second kappa shape index (κ2) is 20.5. The van der Waals surface area contributed by atoms with Gasteiger partial charge in [-0.1, -0.05) is 141 Å². The quantitative estimate of drug-likeness (QED) is 0.109. The molecule has 3 aliphatic heterocycles. The highest BCUT2D eigenvalue weighted by molar-refractivity contribution is 8.45. The lowest BCUT2D eigenvalue weighted by atomic mass is 10.1. The van der Waals surface area contributed by atoms with Crippen LogP contribution in [0.4, 0.5) is 0 Å². The molecule has 258 valence electrons. The average molecular weight is 851 g/mol. The summed E-state index contributed by atoms with van der Waals surface area (Å²) in [5.74, 6) is 1.62. The van der Waals surface area contributed by atoms with Gasteiger partial charge >= 0.3 is 0 Å². The largest absolute Gasteiger partial charge is 0.198 e. The Kier molecular flexibility index (Phi) is 16.3. The van der Waals surface area contributed by atoms with E-state index in [1.807, 2.05) is 105 Å². The van der Waals surface area contributed by atoms with Gasteiger partial charge in [0.15, 0.2) is 0 Å². The molecule has 0 unspecified atom stereocenters. The number of nitriles is 2. The Balaban J connectivity index is 1.11. The lowest BCUT2D eigenvalue weighted by molar-refractivity contribution is 0.557. The number of hydrogen-bond acceptors (Lipinski definition) is 13. The Morgan fingerprint density at radius 2 is 1.14 bits per heavy atom. The molecule has 0 N–H and O–H groups in total. The van der Waals surface area contributed by atoms with E-state index in [1.165, 1.54) is 130 Å². The van der Waals surface area contributed by atoms with Crippen LogP contribution in [0, 0.1) is 22.7 Å². The summed E-state index contributed by atoms with van der Waals surface area (Å²) in [6.07, 6.45) is 16.1. The standard InChI is InChI=1S/C36H38N2S11/c1-2-3-4-5-6-7-8-9-10-11-15-24-17-18-26(42-24)28-30-29(27(43-28)25-16-12-21-39-25)44-33-34(45-30)49-36(48-33)35-46-31(40-22-13-19-37)32(47-35)41-23-14-20-38/h12,16-18,21H,2-11,13-15,22-23H2,1H3. The molecular weight excluding hydrogens is 813 g/mol. The van der Waals surface area contributed by atoms with Crippen LogP contribution in [0.15, 0.2) is 64.9 Å². The number of hydrogen-bond donors (Lipinski definition) is 0. The van der Waals surface area contributed by atoms with Crippen molar-refractivity contribution in [3.63, 3.8) is 0 Å². The molecule has 0 saturated heterocycles. The molecule has 3 aromatic heterocycles. The highest BCUT2D eigenvalue weighted by Crippen LogP contribution is 2.71. The summed E-state index contributed by atoms with van der Waals surface area (Å²) in [5.41, 5.74) is 0. The van der Waals surface area contributed by atoms with Crippen LogP contribution in [0.1, 0.15) is 88.9 Å². The molecule has 0 fully saturated rings. The van der Waals surface area contributed by atoms with Crippen molar-refractivity contribution in [3.05, 3.63) is 59.9 Å². The molecule has 3 aliphatic rings. The summed E-state index contributed by atoms with van der Waals surface area (Å²) in [7, 11) is 0. The third-order valence-corrected chi connectivity index (χ3v) is 23.3. The molecule has 0 atom stereocenters. The number of aryl methyl sites for hydroxylation is 1. The number of thiophene rings is 3. The maximum atomic E-state index is 9.09. The van der Waals surface area contributed by atoms with Crippen LogP contribution in [0.25, 0.3) is 19.5 Å². The van der Waals surface area contributed by atoms with Gasteiger partial charge in [-0.25, -0.2) is 0 Å². The molecule has 49 heavy (non-hydrogen) atoms. The molecule has 2 nitrogen and oxygen atoms in total. The topological polar surface area (TPSA) is 47.6 Å². The minimum absolute atomic E-state index is 0.552. The van der Waals surface area contributed by atoms with Crippen molar-refractivity contribution in [1.82, 2.24) is 0 Å². The minimum atomic E-state index is 0.552. The van der Waals surface area contributed by atoms with Gasteiger partial charge < -0.3 is 0 Å². The SMILES string of the molecule is CCCCCCCCCCCCc1ccc(-c2sc(-c3cccs3)c3c2SC2=C(SC(=C4SC(SCCC#N)=C(SCCC#N)S4)S2)S3)s1. The van der Waals surface area contributed by atoms with Gasteiger partial charge in [0.1, 0.15) is 0 Å². The van der Waals surface area contributed by atoms with E-state index in [1.54, 1.807) is 23.5 Å². The molecule has 6 rings (SSSR count). The summed E-state index contributed by atoms with van der Waals surface area (Å²) in [6.45, 7) is 2.29. The average Bonchev–Trinajstić information content (AvgIpc) is 3.95. The van der Waals surface area contributed by atoms with Crippen LogP contribution in [-0.2, 0) is 6.42 Å². The summed E-state index contributed by atoms with van der Waals surface area (Å²) >= 11 is 21.0. The number of unbranched alkanes of at least 4 members (excludes halogenated alkanes) is 9. The van der Waals surface area contributed by atoms with Gasteiger partial charge in [-0.2, -0.15) is 10.5 Å². The molecule has 0 radical (unpaired) electrons. The third kappa shape index (κ3) is 10.6. The first-order valence-electron chi connectivity index (χ1n) is 16.8. The highest BCUT2D eigenvalue weighted by atomic mass is 32.3. The Hall–Kier alpha value is 0.1000. The zero-order chi connectivity index (χ0) is 33.8. The van der Waals surface area contributed by atoms with Gasteiger partial charge in [-0.3, -0.25) is 0 Å². The Bertz CT molecular complexity index is 1710. The molecular formula is C36H38N2S11. The number of nitrogens with zero attached hydrogens (tertiary/aromatic N) is 2. The first-order chi connectivity index (χ1) is 24.2. The monoisotopic (exact) mass is 850 g/mol. The van der Waals surface area contributed by atoms with E-state index in [0.717, 1.165) is 11.5 Å². The molecule has 0 spiro atoms. The Morgan fingerprint density at radius 3 is 1.71 bits per heavy atom. The first kappa shape index (κ1) is 38.8. The van der Waals surface area contributed by atoms with E-state index in [4.69, 9.17) is 10.5 Å². The van der Waals surface area contributed by atoms with Gasteiger partial charge in [0, 0.05) is 48.8 Å². The molecule has 0 bridgehead atoms. The molecule has 0 aromatic carbocycles. The fraction of sp³-hybridized carbons (Fsp3) is 0.444. The van der Waals surface area contributed by atoms with E-state index in [9.17, 15) is 0 Å². The van der Waals surface area contributed by atoms with Crippen molar-refractivity contribution in [2.75, 3.05) is 11.5 Å². The van der Waals surface area contributed by atoms with Crippen LogP contribution < -0.4 is 0 Å². The number of fused-ring (bicyclic) bond motifs is 1. The minimum Gasteiger partial charge on any atom is -0.198 e. The van der Waals surface area contributed by atoms with Crippen LogP contribution in [0.3, 0.4) is 0 Å². The normalized spacial score (nSPS) is 15.7. The maximum absolute atomic E-state index is 9.09. The van der Waals surface area contributed by atoms with E-state index in [-0.39, 0.29) is 0 Å². The number of rotatable bonds is 19. The van der Waals surface area contributed by atoms with Gasteiger partial charge in [0.2, 0.25) is 0 Å². The van der Waals surface area contributed by atoms with Crippen molar-refractivity contribution < 1.29 is 0 Å². The summed E-state index contributed by atoms with van der Waals surface area (Å²) in [6, 6.07) is 13.8. The summed E-state index contributed by atoms with van der Waals surface area (Å²) < 4.78 is 8.13. The van der Waals surface area contributed by atoms with Gasteiger partial charge in [0.05, 0.1) is 47.3 Å². The van der Waals surface area contributed by atoms with Gasteiger partial charge in [-0.05, 0) is 36.4 Å². The summed E-state index contributed by atoms with van der Waals surface area (Å²) in [5, 5.41) is 20.4. The fourth-order valence-electron chi connectivity index (χ4n) is 5.32. The van der Waals surface area contributed by atoms with Crippen molar-refractivity contribution >= 4 is 128 Å². The highest BCUT2D eigenvalue weighted by Gasteiger charge is 2.37. The smallest absolute Gasteiger partial charge is 0.0718 e. The Morgan fingerprint density at radius 1 is 0.592 bits per heavy atom. The zero-order valence-corrected chi connectivity index (χ0v) is 36.4. The second-order valence-electron chi connectivity index (χ2n) is 11.4. The van der Waals surface area contributed by atoms with E-state index < -0.39 is 0 Å². The fourth-order valence-corrected chi connectivity index (χ4v) is 21.1. The lowest BCUT2D eigenvalue weighted by Crippen LogP contribution is -1.84. The molecule has 6 heterocycles. The van der Waals surface area contributed by atoms with Crippen LogP contribution in [0.2, 0.25) is 0 Å². The maximum Gasteiger partial charge on any atom is 0.0718 e. The van der Waals surface area contributed by atoms with E-state index >= 15 is 0 Å².